The minimum Gasteiger partial charge on any atom is -0.370 e. The molecule has 8 heteroatoms. The molecule has 3 N–H and O–H groups in total. The number of carbonyl (C=O) groups is 1. The molecule has 1 aliphatic rings. The standard InChI is InChI=1S/C18H18F3N3O2/c1-23(16-5-3-2-4-13(16)18(19,20)21)10-11-6-7-15-12(8-11)9-14(22)17(25)24(15)26/h2-8,14,26H,9-10,22H2,1H3/t14-/m0/s1. The van der Waals surface area contributed by atoms with E-state index < -0.39 is 23.7 Å². The van der Waals surface area contributed by atoms with E-state index >= 15 is 0 Å². The van der Waals surface area contributed by atoms with Crippen LogP contribution in [0, 0.1) is 0 Å². The quantitative estimate of drug-likeness (QED) is 0.821. The maximum atomic E-state index is 13.2. The maximum absolute atomic E-state index is 13.2. The van der Waals surface area contributed by atoms with Gasteiger partial charge in [-0.1, -0.05) is 24.3 Å². The number of alkyl halides is 3. The summed E-state index contributed by atoms with van der Waals surface area (Å²) in [5.41, 5.74) is 6.85. The lowest BCUT2D eigenvalue weighted by Gasteiger charge is -2.29. The van der Waals surface area contributed by atoms with E-state index in [1.807, 2.05) is 0 Å². The lowest BCUT2D eigenvalue weighted by Crippen LogP contribution is -2.47. The van der Waals surface area contributed by atoms with Gasteiger partial charge in [0.2, 0.25) is 0 Å². The summed E-state index contributed by atoms with van der Waals surface area (Å²) in [6.07, 6.45) is -4.17. The molecule has 0 radical (unpaired) electrons. The third-order valence-electron chi connectivity index (χ3n) is 4.38. The van der Waals surface area contributed by atoms with Gasteiger partial charge in [-0.05, 0) is 35.7 Å². The number of hydrogen-bond donors (Lipinski definition) is 2. The average Bonchev–Trinajstić information content (AvgIpc) is 2.59. The summed E-state index contributed by atoms with van der Waals surface area (Å²) in [5.74, 6) is -0.582. The van der Waals surface area contributed by atoms with Crippen molar-refractivity contribution in [3.63, 3.8) is 0 Å². The molecule has 2 aromatic rings. The highest BCUT2D eigenvalue weighted by Gasteiger charge is 2.34. The fraction of sp³-hybridized carbons (Fsp3) is 0.278. The van der Waals surface area contributed by atoms with Crippen LogP contribution in [-0.4, -0.2) is 24.2 Å². The molecule has 0 fully saturated rings. The van der Waals surface area contributed by atoms with E-state index in [2.05, 4.69) is 0 Å². The molecule has 0 bridgehead atoms. The number of anilines is 2. The van der Waals surface area contributed by atoms with Crippen molar-refractivity contribution in [1.29, 1.82) is 0 Å². The summed E-state index contributed by atoms with van der Waals surface area (Å²) in [6.45, 7) is 0.231. The summed E-state index contributed by atoms with van der Waals surface area (Å²) < 4.78 is 39.6. The largest absolute Gasteiger partial charge is 0.418 e. The number of nitrogens with zero attached hydrogens (tertiary/aromatic N) is 2. The van der Waals surface area contributed by atoms with E-state index in [-0.39, 0.29) is 18.7 Å². The second-order valence-corrected chi connectivity index (χ2v) is 6.29. The lowest BCUT2D eigenvalue weighted by atomic mass is 9.97. The summed E-state index contributed by atoms with van der Waals surface area (Å²) in [6, 6.07) is 9.52. The van der Waals surface area contributed by atoms with Gasteiger partial charge in [0.05, 0.1) is 17.3 Å². The monoisotopic (exact) mass is 365 g/mol. The normalized spacial score (nSPS) is 17.2. The van der Waals surface area contributed by atoms with Gasteiger partial charge in [0.1, 0.15) is 0 Å². The molecule has 1 aliphatic heterocycles. The Bertz CT molecular complexity index is 839. The van der Waals surface area contributed by atoms with Gasteiger partial charge < -0.3 is 10.6 Å². The smallest absolute Gasteiger partial charge is 0.370 e. The number of hydroxylamine groups is 1. The van der Waals surface area contributed by atoms with Crippen LogP contribution < -0.4 is 15.7 Å². The van der Waals surface area contributed by atoms with Gasteiger partial charge in [0.25, 0.3) is 5.91 Å². The second kappa shape index (κ2) is 6.62. The first-order chi connectivity index (χ1) is 12.2. The van der Waals surface area contributed by atoms with E-state index in [1.54, 1.807) is 31.3 Å². The van der Waals surface area contributed by atoms with Crippen molar-refractivity contribution in [1.82, 2.24) is 0 Å². The topological polar surface area (TPSA) is 69.8 Å². The van der Waals surface area contributed by atoms with Crippen molar-refractivity contribution in [3.8, 4) is 0 Å². The van der Waals surface area contributed by atoms with Crippen molar-refractivity contribution >= 4 is 17.3 Å². The highest BCUT2D eigenvalue weighted by atomic mass is 19.4. The Labute approximate surface area is 148 Å². The first-order valence-electron chi connectivity index (χ1n) is 7.96. The van der Waals surface area contributed by atoms with Crippen LogP contribution >= 0.6 is 0 Å². The van der Waals surface area contributed by atoms with E-state index in [4.69, 9.17) is 5.73 Å². The highest BCUT2D eigenvalue weighted by Crippen LogP contribution is 2.36. The molecule has 1 heterocycles. The molecule has 0 aromatic heterocycles. The van der Waals surface area contributed by atoms with Gasteiger partial charge in [0.15, 0.2) is 0 Å². The number of hydrogen-bond acceptors (Lipinski definition) is 4. The van der Waals surface area contributed by atoms with Crippen LogP contribution in [0.4, 0.5) is 24.5 Å². The lowest BCUT2D eigenvalue weighted by molar-refractivity contribution is -0.137. The van der Waals surface area contributed by atoms with Crippen molar-refractivity contribution in [2.75, 3.05) is 17.0 Å². The fourth-order valence-corrected chi connectivity index (χ4v) is 3.11. The number of para-hydroxylation sites is 1. The summed E-state index contributed by atoms with van der Waals surface area (Å²) in [5, 5.41) is 10.4. The second-order valence-electron chi connectivity index (χ2n) is 6.29. The molecule has 5 nitrogen and oxygen atoms in total. The number of rotatable bonds is 3. The van der Waals surface area contributed by atoms with Crippen LogP contribution in [0.1, 0.15) is 16.7 Å². The molecule has 1 atom stereocenters. The van der Waals surface area contributed by atoms with E-state index in [0.717, 1.165) is 11.6 Å². The molecule has 2 aromatic carbocycles. The Morgan fingerprint density at radius 1 is 1.27 bits per heavy atom. The van der Waals surface area contributed by atoms with Crippen LogP contribution in [0.25, 0.3) is 0 Å². The van der Waals surface area contributed by atoms with Gasteiger partial charge in [-0.15, -0.1) is 0 Å². The summed E-state index contributed by atoms with van der Waals surface area (Å²) in [4.78, 5) is 13.2. The van der Waals surface area contributed by atoms with E-state index in [0.29, 0.717) is 16.3 Å². The molecule has 0 saturated heterocycles. The molecule has 26 heavy (non-hydrogen) atoms. The number of nitrogens with two attached hydrogens (primary N) is 1. The predicted molar refractivity (Wildman–Crippen MR) is 90.9 cm³/mol. The Kier molecular flexibility index (Phi) is 4.64. The molecular formula is C18H18F3N3O2. The van der Waals surface area contributed by atoms with Gasteiger partial charge in [-0.3, -0.25) is 10.0 Å². The van der Waals surface area contributed by atoms with Crippen molar-refractivity contribution in [2.45, 2.75) is 25.2 Å². The minimum absolute atomic E-state index is 0.0772. The number of amides is 1. The van der Waals surface area contributed by atoms with Crippen LogP contribution in [0.5, 0.6) is 0 Å². The number of benzene rings is 2. The third kappa shape index (κ3) is 3.38. The summed E-state index contributed by atoms with van der Waals surface area (Å²) >= 11 is 0. The molecule has 0 spiro atoms. The molecule has 0 unspecified atom stereocenters. The molecule has 0 saturated carbocycles. The van der Waals surface area contributed by atoms with Crippen LogP contribution in [0.2, 0.25) is 0 Å². The van der Waals surface area contributed by atoms with E-state index in [1.165, 1.54) is 17.0 Å². The molecule has 3 rings (SSSR count). The molecule has 0 aliphatic carbocycles. The number of carbonyl (C=O) groups excluding carboxylic acids is 1. The van der Waals surface area contributed by atoms with Gasteiger partial charge in [0, 0.05) is 19.3 Å². The van der Waals surface area contributed by atoms with Gasteiger partial charge in [-0.2, -0.15) is 18.2 Å². The molecule has 138 valence electrons. The van der Waals surface area contributed by atoms with E-state index in [9.17, 15) is 23.2 Å². The first-order valence-corrected chi connectivity index (χ1v) is 7.96. The van der Waals surface area contributed by atoms with Crippen molar-refractivity contribution in [3.05, 3.63) is 59.2 Å². The SMILES string of the molecule is CN(Cc1ccc2c(c1)C[C@H](N)C(=O)N2O)c1ccccc1C(F)(F)F. The average molecular weight is 365 g/mol. The number of halogens is 3. The van der Waals surface area contributed by atoms with Crippen molar-refractivity contribution in [2.24, 2.45) is 5.73 Å². The van der Waals surface area contributed by atoms with Crippen LogP contribution in [-0.2, 0) is 23.9 Å². The van der Waals surface area contributed by atoms with Crippen LogP contribution in [0.15, 0.2) is 42.5 Å². The molecule has 1 amide bonds. The Hall–Kier alpha value is -2.58. The maximum Gasteiger partial charge on any atom is 0.418 e. The zero-order chi connectivity index (χ0) is 19.1. The fourth-order valence-electron chi connectivity index (χ4n) is 3.11. The first kappa shape index (κ1) is 18.2. The third-order valence-corrected chi connectivity index (χ3v) is 4.38. The predicted octanol–water partition coefficient (Wildman–Crippen LogP) is 2.95. The zero-order valence-corrected chi connectivity index (χ0v) is 14.0. The minimum atomic E-state index is -4.44. The van der Waals surface area contributed by atoms with Gasteiger partial charge >= 0.3 is 6.18 Å². The Morgan fingerprint density at radius 2 is 1.96 bits per heavy atom. The Morgan fingerprint density at radius 3 is 2.65 bits per heavy atom. The zero-order valence-electron chi connectivity index (χ0n) is 14.0. The molecular weight excluding hydrogens is 347 g/mol. The highest BCUT2D eigenvalue weighted by molar-refractivity contribution is 5.98. The van der Waals surface area contributed by atoms with Crippen molar-refractivity contribution < 1.29 is 23.2 Å². The summed E-state index contributed by atoms with van der Waals surface area (Å²) in [7, 11) is 1.58. The number of fused-ring (bicyclic) bond motifs is 1. The Balaban J connectivity index is 1.87. The van der Waals surface area contributed by atoms with Crippen LogP contribution in [0.3, 0.4) is 0 Å². The van der Waals surface area contributed by atoms with Gasteiger partial charge in [-0.25, -0.2) is 0 Å².